The monoisotopic (exact) mass is 326 g/mol. The first kappa shape index (κ1) is 23.3. The van der Waals surface area contributed by atoms with Crippen molar-refractivity contribution in [3.8, 4) is 0 Å². The van der Waals surface area contributed by atoms with Gasteiger partial charge in [-0.25, -0.2) is 4.57 Å². The third kappa shape index (κ3) is 28.9. The van der Waals surface area contributed by atoms with Gasteiger partial charge in [0.25, 0.3) is 0 Å². The lowest BCUT2D eigenvalue weighted by molar-refractivity contribution is -0.888. The first-order valence-electron chi connectivity index (χ1n) is 8.22. The summed E-state index contributed by atoms with van der Waals surface area (Å²) in [5.41, 5.74) is 0. The van der Waals surface area contributed by atoms with Gasteiger partial charge in [0.1, 0.15) is 0 Å². The van der Waals surface area contributed by atoms with Gasteiger partial charge in [-0.3, -0.25) is 0 Å². The largest absolute Gasteiger partial charge is 0.466 e. The molecule has 0 rings (SSSR count). The van der Waals surface area contributed by atoms with E-state index in [1.165, 1.54) is 75.4 Å². The van der Waals surface area contributed by atoms with Crippen LogP contribution in [0.2, 0.25) is 0 Å². The predicted molar refractivity (Wildman–Crippen MR) is 89.0 cm³/mol. The molecular formula is C15H37NO4P+. The summed E-state index contributed by atoms with van der Waals surface area (Å²) >= 11 is 0. The zero-order valence-corrected chi connectivity index (χ0v) is 15.3. The summed E-state index contributed by atoms with van der Waals surface area (Å²) in [6.07, 6.45) is 12.9. The van der Waals surface area contributed by atoms with E-state index < -0.39 is 7.82 Å². The SMILES string of the molecule is CCCCCCCCCCC[N+](C)(C)CC.O=P(O)(O)O. The summed E-state index contributed by atoms with van der Waals surface area (Å²) in [4.78, 5) is 21.6. The fourth-order valence-corrected chi connectivity index (χ4v) is 2.01. The first-order valence-corrected chi connectivity index (χ1v) is 9.79. The van der Waals surface area contributed by atoms with Crippen LogP contribution in [0, 0.1) is 0 Å². The maximum Gasteiger partial charge on any atom is 0.466 e. The predicted octanol–water partition coefficient (Wildman–Crippen LogP) is 3.68. The average molecular weight is 326 g/mol. The Bertz CT molecular complexity index is 258. The lowest BCUT2D eigenvalue weighted by atomic mass is 10.1. The van der Waals surface area contributed by atoms with Crippen LogP contribution in [0.15, 0.2) is 0 Å². The summed E-state index contributed by atoms with van der Waals surface area (Å²) in [6, 6.07) is 0. The molecule has 0 spiro atoms. The quantitative estimate of drug-likeness (QED) is 0.307. The van der Waals surface area contributed by atoms with Gasteiger partial charge in [0, 0.05) is 0 Å². The second-order valence-electron chi connectivity index (χ2n) is 6.32. The van der Waals surface area contributed by atoms with Crippen LogP contribution in [0.25, 0.3) is 0 Å². The van der Waals surface area contributed by atoms with Gasteiger partial charge < -0.3 is 19.2 Å². The van der Waals surface area contributed by atoms with E-state index in [1.807, 2.05) is 0 Å². The van der Waals surface area contributed by atoms with Crippen molar-refractivity contribution in [3.63, 3.8) is 0 Å². The van der Waals surface area contributed by atoms with Crippen molar-refractivity contribution in [2.24, 2.45) is 0 Å². The molecule has 0 atom stereocenters. The van der Waals surface area contributed by atoms with E-state index in [2.05, 4.69) is 27.9 Å². The van der Waals surface area contributed by atoms with Crippen molar-refractivity contribution in [3.05, 3.63) is 0 Å². The summed E-state index contributed by atoms with van der Waals surface area (Å²) in [5, 5.41) is 0. The van der Waals surface area contributed by atoms with Crippen LogP contribution in [0.5, 0.6) is 0 Å². The van der Waals surface area contributed by atoms with Crippen molar-refractivity contribution in [2.75, 3.05) is 27.2 Å². The zero-order chi connectivity index (χ0) is 16.8. The molecule has 0 fully saturated rings. The highest BCUT2D eigenvalue weighted by Gasteiger charge is 2.09. The van der Waals surface area contributed by atoms with Crippen LogP contribution < -0.4 is 0 Å². The average Bonchev–Trinajstić information content (AvgIpc) is 2.35. The number of nitrogens with zero attached hydrogens (tertiary/aromatic N) is 1. The van der Waals surface area contributed by atoms with Crippen LogP contribution in [-0.2, 0) is 4.57 Å². The number of hydrogen-bond acceptors (Lipinski definition) is 1. The van der Waals surface area contributed by atoms with Crippen molar-refractivity contribution in [1.82, 2.24) is 0 Å². The molecular weight excluding hydrogens is 289 g/mol. The molecule has 0 amide bonds. The van der Waals surface area contributed by atoms with Gasteiger partial charge in [-0.05, 0) is 19.8 Å². The molecule has 0 aromatic heterocycles. The van der Waals surface area contributed by atoms with Gasteiger partial charge in [0.2, 0.25) is 0 Å². The van der Waals surface area contributed by atoms with E-state index in [-0.39, 0.29) is 0 Å². The Morgan fingerprint density at radius 2 is 1.10 bits per heavy atom. The molecule has 5 nitrogen and oxygen atoms in total. The van der Waals surface area contributed by atoms with Gasteiger partial charge in [-0.1, -0.05) is 51.9 Å². The molecule has 0 aromatic carbocycles. The van der Waals surface area contributed by atoms with Crippen LogP contribution >= 0.6 is 7.82 Å². The maximum atomic E-state index is 8.88. The topological polar surface area (TPSA) is 77.8 Å². The van der Waals surface area contributed by atoms with E-state index in [9.17, 15) is 0 Å². The minimum absolute atomic E-state index is 1.19. The standard InChI is InChI=1S/C15H34N.H3O4P/c1-5-7-8-9-10-11-12-13-14-15-16(3,4)6-2;1-5(2,3)4/h5-15H2,1-4H3;(H3,1,2,3,4)/q+1;. The van der Waals surface area contributed by atoms with Crippen molar-refractivity contribution < 1.29 is 23.7 Å². The Kier molecular flexibility index (Phi) is 15.2. The molecule has 0 saturated heterocycles. The van der Waals surface area contributed by atoms with Crippen LogP contribution in [0.3, 0.4) is 0 Å². The van der Waals surface area contributed by atoms with Crippen LogP contribution in [0.4, 0.5) is 0 Å². The third-order valence-electron chi connectivity index (χ3n) is 3.72. The Morgan fingerprint density at radius 1 is 0.762 bits per heavy atom. The van der Waals surface area contributed by atoms with Crippen molar-refractivity contribution in [1.29, 1.82) is 0 Å². The number of phosphoric acid groups is 1. The normalized spacial score (nSPS) is 12.0. The lowest BCUT2D eigenvalue weighted by Crippen LogP contribution is -2.39. The Morgan fingerprint density at radius 3 is 1.43 bits per heavy atom. The zero-order valence-electron chi connectivity index (χ0n) is 14.4. The molecule has 0 aliphatic carbocycles. The van der Waals surface area contributed by atoms with Gasteiger partial charge in [0.05, 0.1) is 27.2 Å². The van der Waals surface area contributed by atoms with Gasteiger partial charge in [-0.15, -0.1) is 0 Å². The first-order chi connectivity index (χ1) is 9.62. The fourth-order valence-electron chi connectivity index (χ4n) is 2.01. The minimum Gasteiger partial charge on any atom is -0.329 e. The number of quaternary nitrogens is 1. The second kappa shape index (κ2) is 13.7. The van der Waals surface area contributed by atoms with Gasteiger partial charge >= 0.3 is 7.82 Å². The third-order valence-corrected chi connectivity index (χ3v) is 3.72. The molecule has 3 N–H and O–H groups in total. The molecule has 0 unspecified atom stereocenters. The summed E-state index contributed by atoms with van der Waals surface area (Å²) in [7, 11) is 0.0372. The molecule has 0 bridgehead atoms. The Hall–Kier alpha value is 0.0700. The molecule has 0 aliphatic heterocycles. The summed E-state index contributed by atoms with van der Waals surface area (Å²) in [5.74, 6) is 0. The number of hydrogen-bond donors (Lipinski definition) is 3. The molecule has 0 saturated carbocycles. The summed E-state index contributed by atoms with van der Waals surface area (Å²) in [6.45, 7) is 7.19. The fraction of sp³-hybridized carbons (Fsp3) is 1.00. The van der Waals surface area contributed by atoms with E-state index in [4.69, 9.17) is 19.2 Å². The highest BCUT2D eigenvalue weighted by atomic mass is 31.2. The van der Waals surface area contributed by atoms with Crippen molar-refractivity contribution >= 4 is 7.82 Å². The van der Waals surface area contributed by atoms with Crippen LogP contribution in [-0.4, -0.2) is 46.3 Å². The molecule has 0 aliphatic rings. The molecule has 0 heterocycles. The Labute approximate surface area is 131 Å². The molecule has 21 heavy (non-hydrogen) atoms. The van der Waals surface area contributed by atoms with Crippen molar-refractivity contribution in [2.45, 2.75) is 71.6 Å². The number of unbranched alkanes of at least 4 members (excludes halogenated alkanes) is 8. The molecule has 0 radical (unpaired) electrons. The highest BCUT2D eigenvalue weighted by Crippen LogP contribution is 2.25. The second-order valence-corrected chi connectivity index (χ2v) is 7.34. The maximum absolute atomic E-state index is 8.88. The molecule has 0 aromatic rings. The van der Waals surface area contributed by atoms with E-state index >= 15 is 0 Å². The lowest BCUT2D eigenvalue weighted by Gasteiger charge is -2.28. The van der Waals surface area contributed by atoms with Gasteiger partial charge in [-0.2, -0.15) is 0 Å². The van der Waals surface area contributed by atoms with Crippen LogP contribution in [0.1, 0.15) is 71.6 Å². The summed E-state index contributed by atoms with van der Waals surface area (Å²) < 4.78 is 10.1. The van der Waals surface area contributed by atoms with Gasteiger partial charge in [0.15, 0.2) is 0 Å². The van der Waals surface area contributed by atoms with E-state index in [1.54, 1.807) is 0 Å². The number of rotatable bonds is 11. The highest BCUT2D eigenvalue weighted by molar-refractivity contribution is 7.45. The Balaban J connectivity index is 0. The molecule has 6 heteroatoms. The molecule has 130 valence electrons. The minimum atomic E-state index is -4.64. The van der Waals surface area contributed by atoms with E-state index in [0.717, 1.165) is 0 Å². The smallest absolute Gasteiger partial charge is 0.329 e. The van der Waals surface area contributed by atoms with E-state index in [0.29, 0.717) is 0 Å².